The standard InChI is InChI=1S/C18H20O4/c1-2-12-10-17(19)22-16-11-14(8-9-15(12)16)21-18(20)13-6-4-3-5-7-13/h8-11,13H,2-7H2,1H3. The average Bonchev–Trinajstić information content (AvgIpc) is 2.54. The molecule has 0 aliphatic heterocycles. The third-order valence-corrected chi connectivity index (χ3v) is 4.34. The second-order valence-electron chi connectivity index (χ2n) is 5.86. The first-order valence-corrected chi connectivity index (χ1v) is 7.96. The zero-order valence-corrected chi connectivity index (χ0v) is 12.8. The van der Waals surface area contributed by atoms with Crippen LogP contribution >= 0.6 is 0 Å². The van der Waals surface area contributed by atoms with Crippen LogP contribution in [0.2, 0.25) is 0 Å². The van der Waals surface area contributed by atoms with Crippen molar-refractivity contribution in [1.29, 1.82) is 0 Å². The van der Waals surface area contributed by atoms with E-state index < -0.39 is 0 Å². The lowest BCUT2D eigenvalue weighted by atomic mass is 9.89. The van der Waals surface area contributed by atoms with Crippen LogP contribution in [0.1, 0.15) is 44.6 Å². The first-order chi connectivity index (χ1) is 10.7. The molecule has 1 aromatic heterocycles. The van der Waals surface area contributed by atoms with Crippen molar-refractivity contribution in [1.82, 2.24) is 0 Å². The number of fused-ring (bicyclic) bond motifs is 1. The molecule has 1 heterocycles. The minimum absolute atomic E-state index is 0.00145. The fourth-order valence-corrected chi connectivity index (χ4v) is 3.10. The van der Waals surface area contributed by atoms with Crippen LogP contribution in [0.3, 0.4) is 0 Å². The van der Waals surface area contributed by atoms with Crippen LogP contribution in [0.15, 0.2) is 33.5 Å². The van der Waals surface area contributed by atoms with E-state index in [9.17, 15) is 9.59 Å². The number of aryl methyl sites for hydroxylation is 1. The van der Waals surface area contributed by atoms with Crippen LogP contribution in [0, 0.1) is 5.92 Å². The van der Waals surface area contributed by atoms with Gasteiger partial charge in [-0.15, -0.1) is 0 Å². The summed E-state index contributed by atoms with van der Waals surface area (Å²) >= 11 is 0. The molecule has 0 atom stereocenters. The number of carbonyl (C=O) groups is 1. The van der Waals surface area contributed by atoms with Gasteiger partial charge in [0.2, 0.25) is 0 Å². The Morgan fingerprint density at radius 1 is 1.23 bits per heavy atom. The van der Waals surface area contributed by atoms with Crippen LogP contribution in [0.25, 0.3) is 11.0 Å². The number of hydrogen-bond acceptors (Lipinski definition) is 4. The Bertz CT molecular complexity index is 738. The van der Waals surface area contributed by atoms with Crippen molar-refractivity contribution in [2.45, 2.75) is 45.4 Å². The van der Waals surface area contributed by atoms with Crippen molar-refractivity contribution >= 4 is 16.9 Å². The molecule has 3 rings (SSSR count). The van der Waals surface area contributed by atoms with Crippen LogP contribution in [0.4, 0.5) is 0 Å². The Morgan fingerprint density at radius 3 is 2.73 bits per heavy atom. The summed E-state index contributed by atoms with van der Waals surface area (Å²) in [4.78, 5) is 23.7. The van der Waals surface area contributed by atoms with Crippen molar-refractivity contribution in [3.05, 3.63) is 40.2 Å². The molecule has 0 bridgehead atoms. The predicted octanol–water partition coefficient (Wildman–Crippen LogP) is 3.84. The number of rotatable bonds is 3. The molecule has 0 N–H and O–H groups in total. The lowest BCUT2D eigenvalue weighted by Crippen LogP contribution is -2.22. The van der Waals surface area contributed by atoms with E-state index in [-0.39, 0.29) is 17.5 Å². The van der Waals surface area contributed by atoms with Gasteiger partial charge in [0.15, 0.2) is 0 Å². The van der Waals surface area contributed by atoms with E-state index in [1.807, 2.05) is 13.0 Å². The highest BCUT2D eigenvalue weighted by atomic mass is 16.5. The predicted molar refractivity (Wildman–Crippen MR) is 84.1 cm³/mol. The Kier molecular flexibility index (Phi) is 4.27. The molecule has 116 valence electrons. The molecule has 0 radical (unpaired) electrons. The Balaban J connectivity index is 1.85. The second-order valence-corrected chi connectivity index (χ2v) is 5.86. The normalized spacial score (nSPS) is 15.9. The smallest absolute Gasteiger partial charge is 0.336 e. The van der Waals surface area contributed by atoms with Crippen molar-refractivity contribution < 1.29 is 13.9 Å². The number of carbonyl (C=O) groups excluding carboxylic acids is 1. The van der Waals surface area contributed by atoms with Gasteiger partial charge in [-0.1, -0.05) is 26.2 Å². The number of ether oxygens (including phenoxy) is 1. The van der Waals surface area contributed by atoms with E-state index in [1.54, 1.807) is 12.1 Å². The van der Waals surface area contributed by atoms with E-state index >= 15 is 0 Å². The molecule has 0 saturated heterocycles. The Morgan fingerprint density at radius 2 is 2.00 bits per heavy atom. The lowest BCUT2D eigenvalue weighted by Gasteiger charge is -2.19. The molecule has 2 aromatic rings. The zero-order valence-electron chi connectivity index (χ0n) is 12.8. The van der Waals surface area contributed by atoms with Crippen molar-refractivity contribution in [2.24, 2.45) is 5.92 Å². The summed E-state index contributed by atoms with van der Waals surface area (Å²) in [6, 6.07) is 6.76. The van der Waals surface area contributed by atoms with Gasteiger partial charge in [0.1, 0.15) is 11.3 Å². The highest BCUT2D eigenvalue weighted by Crippen LogP contribution is 2.27. The zero-order chi connectivity index (χ0) is 15.5. The first kappa shape index (κ1) is 14.8. The molecule has 0 unspecified atom stereocenters. The maximum Gasteiger partial charge on any atom is 0.336 e. The first-order valence-electron chi connectivity index (χ1n) is 7.96. The van der Waals surface area contributed by atoms with Crippen LogP contribution < -0.4 is 10.4 Å². The Labute approximate surface area is 129 Å². The maximum absolute atomic E-state index is 12.2. The minimum atomic E-state index is -0.375. The molecule has 4 nitrogen and oxygen atoms in total. The largest absolute Gasteiger partial charge is 0.426 e. The molecule has 1 aromatic carbocycles. The van der Waals surface area contributed by atoms with Gasteiger partial charge in [-0.25, -0.2) is 4.79 Å². The van der Waals surface area contributed by atoms with E-state index in [0.29, 0.717) is 11.3 Å². The fraction of sp³-hybridized carbons (Fsp3) is 0.444. The quantitative estimate of drug-likeness (QED) is 0.491. The SMILES string of the molecule is CCc1cc(=O)oc2cc(OC(=O)C3CCCCC3)ccc12. The molecule has 1 aliphatic rings. The summed E-state index contributed by atoms with van der Waals surface area (Å²) in [5, 5.41) is 0.888. The lowest BCUT2D eigenvalue weighted by molar-refractivity contribution is -0.139. The third-order valence-electron chi connectivity index (χ3n) is 4.34. The number of esters is 1. The monoisotopic (exact) mass is 300 g/mol. The summed E-state index contributed by atoms with van der Waals surface area (Å²) in [5.74, 6) is 0.269. The van der Waals surface area contributed by atoms with Gasteiger partial charge in [-0.05, 0) is 37.0 Å². The molecular weight excluding hydrogens is 280 g/mol. The number of hydrogen-bond donors (Lipinski definition) is 0. The molecule has 4 heteroatoms. The molecular formula is C18H20O4. The highest BCUT2D eigenvalue weighted by Gasteiger charge is 2.23. The minimum Gasteiger partial charge on any atom is -0.426 e. The van der Waals surface area contributed by atoms with Crippen LogP contribution in [-0.2, 0) is 11.2 Å². The van der Waals surface area contributed by atoms with Gasteiger partial charge < -0.3 is 9.15 Å². The molecule has 1 saturated carbocycles. The van der Waals surface area contributed by atoms with E-state index in [4.69, 9.17) is 9.15 Å². The summed E-state index contributed by atoms with van der Waals surface area (Å²) in [6.07, 6.45) is 5.94. The highest BCUT2D eigenvalue weighted by molar-refractivity contribution is 5.83. The van der Waals surface area contributed by atoms with Crippen molar-refractivity contribution in [2.75, 3.05) is 0 Å². The van der Waals surface area contributed by atoms with Gasteiger partial charge in [-0.2, -0.15) is 0 Å². The summed E-state index contributed by atoms with van der Waals surface area (Å²) in [7, 11) is 0. The van der Waals surface area contributed by atoms with Gasteiger partial charge in [0.05, 0.1) is 5.92 Å². The van der Waals surface area contributed by atoms with Gasteiger partial charge in [0, 0.05) is 17.5 Å². The van der Waals surface area contributed by atoms with Gasteiger partial charge in [0.25, 0.3) is 0 Å². The Hall–Kier alpha value is -2.10. The molecule has 0 spiro atoms. The van der Waals surface area contributed by atoms with Crippen LogP contribution in [0.5, 0.6) is 5.75 Å². The van der Waals surface area contributed by atoms with Crippen molar-refractivity contribution in [3.8, 4) is 5.75 Å². The third kappa shape index (κ3) is 3.06. The van der Waals surface area contributed by atoms with E-state index in [0.717, 1.165) is 43.1 Å². The summed E-state index contributed by atoms with van der Waals surface area (Å²) in [6.45, 7) is 1.99. The van der Waals surface area contributed by atoms with Gasteiger partial charge >= 0.3 is 11.6 Å². The second kappa shape index (κ2) is 6.34. The molecule has 0 amide bonds. The van der Waals surface area contributed by atoms with Gasteiger partial charge in [-0.3, -0.25) is 4.79 Å². The molecule has 22 heavy (non-hydrogen) atoms. The van der Waals surface area contributed by atoms with E-state index in [1.165, 1.54) is 12.5 Å². The maximum atomic E-state index is 12.2. The summed E-state index contributed by atoms with van der Waals surface area (Å²) < 4.78 is 10.7. The fourth-order valence-electron chi connectivity index (χ4n) is 3.10. The molecule has 1 fully saturated rings. The average molecular weight is 300 g/mol. The van der Waals surface area contributed by atoms with Crippen molar-refractivity contribution in [3.63, 3.8) is 0 Å². The molecule has 1 aliphatic carbocycles. The number of benzene rings is 1. The van der Waals surface area contributed by atoms with Crippen LogP contribution in [-0.4, -0.2) is 5.97 Å². The topological polar surface area (TPSA) is 56.5 Å². The summed E-state index contributed by atoms with van der Waals surface area (Å²) in [5.41, 5.74) is 1.04. The van der Waals surface area contributed by atoms with E-state index in [2.05, 4.69) is 0 Å².